The van der Waals surface area contributed by atoms with Crippen LogP contribution < -0.4 is 15.3 Å². The summed E-state index contributed by atoms with van der Waals surface area (Å²) in [5.41, 5.74) is 8.33. The summed E-state index contributed by atoms with van der Waals surface area (Å²) in [6.07, 6.45) is 0. The van der Waals surface area contributed by atoms with Crippen LogP contribution >= 0.6 is 0 Å². The predicted octanol–water partition coefficient (Wildman–Crippen LogP) is 0.516. The number of hydrogen-bond donors (Lipinski definition) is 1. The molecule has 0 unspecified atom stereocenters. The minimum absolute atomic E-state index is 0.0256. The monoisotopic (exact) mass is 161 g/mol. The second-order valence-corrected chi connectivity index (χ2v) is 3.12. The summed E-state index contributed by atoms with van der Waals surface area (Å²) in [4.78, 5) is 4.13. The zero-order chi connectivity index (χ0) is 8.72. The molecule has 1 aliphatic rings. The molecule has 0 saturated carbocycles. The van der Waals surface area contributed by atoms with Crippen LogP contribution in [0.5, 0.6) is 0 Å². The average Bonchev–Trinajstić information content (AvgIpc) is 2.33. The van der Waals surface area contributed by atoms with Gasteiger partial charge in [0.1, 0.15) is 0 Å². The van der Waals surface area contributed by atoms with Gasteiger partial charge in [-0.05, 0) is 26.2 Å². The fourth-order valence-corrected chi connectivity index (χ4v) is 1.61. The van der Waals surface area contributed by atoms with E-state index in [1.807, 2.05) is 26.2 Å². The largest absolute Gasteiger partial charge is 0.464 e. The molecule has 0 fully saturated rings. The van der Waals surface area contributed by atoms with Gasteiger partial charge in [-0.15, -0.1) is 0 Å². The van der Waals surface area contributed by atoms with Gasteiger partial charge in [0.25, 0.3) is 0 Å². The molecule has 0 bridgehead atoms. The molecule has 1 aliphatic heterocycles. The van der Waals surface area contributed by atoms with Crippen molar-refractivity contribution >= 4 is 18.5 Å². The van der Waals surface area contributed by atoms with Crippen molar-refractivity contribution in [1.82, 2.24) is 0 Å². The van der Waals surface area contributed by atoms with Crippen LogP contribution in [0.25, 0.3) is 0 Å². The molecule has 4 heteroatoms. The maximum Gasteiger partial charge on any atom is 0.464 e. The quantitative estimate of drug-likeness (QED) is 0.563. The first-order chi connectivity index (χ1) is 5.72. The zero-order valence-corrected chi connectivity index (χ0v) is 7.36. The molecule has 1 heterocycles. The number of nitrogens with two attached hydrogens (primary N) is 1. The first-order valence-corrected chi connectivity index (χ1v) is 4.02. The Bertz CT molecular complexity index is 273. The first kappa shape index (κ1) is 7.49. The summed E-state index contributed by atoms with van der Waals surface area (Å²) in [5.74, 6) is 0. The highest BCUT2D eigenvalue weighted by molar-refractivity contribution is 6.66. The van der Waals surface area contributed by atoms with Crippen molar-refractivity contribution in [2.24, 2.45) is 5.64 Å². The van der Waals surface area contributed by atoms with Crippen LogP contribution in [-0.4, -0.2) is 21.2 Å². The van der Waals surface area contributed by atoms with Crippen molar-refractivity contribution in [2.75, 3.05) is 23.7 Å². The molecule has 1 aromatic carbocycles. The smallest absolute Gasteiger partial charge is 0.383 e. The van der Waals surface area contributed by atoms with E-state index in [1.54, 1.807) is 0 Å². The second kappa shape index (κ2) is 2.42. The summed E-state index contributed by atoms with van der Waals surface area (Å²) < 4.78 is 0. The lowest BCUT2D eigenvalue weighted by molar-refractivity contribution is 1.27. The van der Waals surface area contributed by atoms with Gasteiger partial charge < -0.3 is 15.3 Å². The maximum absolute atomic E-state index is 5.92. The van der Waals surface area contributed by atoms with Crippen molar-refractivity contribution in [3.05, 3.63) is 24.3 Å². The van der Waals surface area contributed by atoms with Crippen molar-refractivity contribution in [1.29, 1.82) is 0 Å². The Hall–Kier alpha value is -1.16. The Morgan fingerprint density at radius 3 is 1.92 bits per heavy atom. The molecule has 12 heavy (non-hydrogen) atoms. The van der Waals surface area contributed by atoms with Gasteiger partial charge in [0, 0.05) is 11.4 Å². The molecule has 3 nitrogen and oxygen atoms in total. The highest BCUT2D eigenvalue weighted by atomic mass is 15.3. The summed E-state index contributed by atoms with van der Waals surface area (Å²) in [5, 5.41) is 0. The number of fused-ring (bicyclic) bond motifs is 1. The van der Waals surface area contributed by atoms with E-state index in [1.165, 1.54) is 11.4 Å². The third-order valence-corrected chi connectivity index (χ3v) is 2.44. The molecular weight excluding hydrogens is 149 g/mol. The lowest BCUT2D eigenvalue weighted by atomic mass is 9.94. The normalized spacial score (nSPS) is 15.4. The highest BCUT2D eigenvalue weighted by Gasteiger charge is 2.32. The number of nitrogens with zero attached hydrogens (tertiary/aromatic N) is 2. The molecule has 0 aromatic heterocycles. The number of para-hydroxylation sites is 2. The van der Waals surface area contributed by atoms with Gasteiger partial charge in [-0.25, -0.2) is 0 Å². The molecule has 1 aromatic rings. The SMILES string of the molecule is CN1B(N)N(C)c2ccccc21. The van der Waals surface area contributed by atoms with Crippen LogP contribution in [0, 0.1) is 0 Å². The van der Waals surface area contributed by atoms with E-state index in [9.17, 15) is 0 Å². The van der Waals surface area contributed by atoms with Crippen LogP contribution in [0.4, 0.5) is 11.4 Å². The molecular formula is C8H12BN3. The molecule has 0 saturated heterocycles. The van der Waals surface area contributed by atoms with Crippen molar-refractivity contribution in [2.45, 2.75) is 0 Å². The van der Waals surface area contributed by atoms with E-state index < -0.39 is 0 Å². The number of rotatable bonds is 0. The lowest BCUT2D eigenvalue weighted by Crippen LogP contribution is -2.52. The summed E-state index contributed by atoms with van der Waals surface area (Å²) >= 11 is 0. The van der Waals surface area contributed by atoms with Gasteiger partial charge in [0.05, 0.1) is 0 Å². The number of hydrogen-bond acceptors (Lipinski definition) is 3. The highest BCUT2D eigenvalue weighted by Crippen LogP contribution is 2.33. The van der Waals surface area contributed by atoms with Gasteiger partial charge >= 0.3 is 7.12 Å². The Morgan fingerprint density at radius 2 is 1.50 bits per heavy atom. The van der Waals surface area contributed by atoms with Crippen LogP contribution in [0.2, 0.25) is 0 Å². The lowest BCUT2D eigenvalue weighted by Gasteiger charge is -2.17. The van der Waals surface area contributed by atoms with Gasteiger partial charge in [-0.3, -0.25) is 0 Å². The van der Waals surface area contributed by atoms with E-state index in [0.29, 0.717) is 0 Å². The topological polar surface area (TPSA) is 32.5 Å². The van der Waals surface area contributed by atoms with Crippen molar-refractivity contribution in [3.63, 3.8) is 0 Å². The Kier molecular flexibility index (Phi) is 1.51. The van der Waals surface area contributed by atoms with E-state index in [4.69, 9.17) is 5.64 Å². The first-order valence-electron chi connectivity index (χ1n) is 4.02. The molecule has 0 atom stereocenters. The summed E-state index contributed by atoms with van der Waals surface area (Å²) in [6.45, 7) is 0. The van der Waals surface area contributed by atoms with Crippen molar-refractivity contribution in [3.8, 4) is 0 Å². The van der Waals surface area contributed by atoms with E-state index in [-0.39, 0.29) is 7.12 Å². The summed E-state index contributed by atoms with van der Waals surface area (Å²) in [7, 11) is 3.99. The third-order valence-electron chi connectivity index (χ3n) is 2.44. The van der Waals surface area contributed by atoms with Crippen LogP contribution in [0.3, 0.4) is 0 Å². The van der Waals surface area contributed by atoms with Gasteiger partial charge in [-0.2, -0.15) is 0 Å². The minimum Gasteiger partial charge on any atom is -0.383 e. The Balaban J connectivity index is 2.52. The molecule has 2 N–H and O–H groups in total. The molecule has 0 spiro atoms. The molecule has 0 radical (unpaired) electrons. The molecule has 0 aliphatic carbocycles. The number of benzene rings is 1. The Labute approximate surface area is 72.9 Å². The van der Waals surface area contributed by atoms with Crippen LogP contribution in [0.1, 0.15) is 0 Å². The average molecular weight is 161 g/mol. The molecule has 0 amide bonds. The van der Waals surface area contributed by atoms with Crippen LogP contribution in [-0.2, 0) is 0 Å². The zero-order valence-electron chi connectivity index (χ0n) is 7.36. The van der Waals surface area contributed by atoms with Gasteiger partial charge in [0.15, 0.2) is 0 Å². The van der Waals surface area contributed by atoms with E-state index >= 15 is 0 Å². The standard InChI is InChI=1S/C8H12BN3/c1-11-7-5-3-4-6-8(7)12(2)9(11)10/h3-6H,10H2,1-2H3. The molecule has 2 rings (SSSR count). The molecule has 62 valence electrons. The summed E-state index contributed by atoms with van der Waals surface area (Å²) in [6, 6.07) is 8.22. The van der Waals surface area contributed by atoms with Gasteiger partial charge in [-0.1, -0.05) is 12.1 Å². The third kappa shape index (κ3) is 0.815. The number of anilines is 2. The Morgan fingerprint density at radius 1 is 1.08 bits per heavy atom. The second-order valence-electron chi connectivity index (χ2n) is 3.12. The predicted molar refractivity (Wildman–Crippen MR) is 53.2 cm³/mol. The minimum atomic E-state index is -0.0256. The van der Waals surface area contributed by atoms with E-state index in [0.717, 1.165) is 0 Å². The van der Waals surface area contributed by atoms with Gasteiger partial charge in [0.2, 0.25) is 0 Å². The van der Waals surface area contributed by atoms with Crippen LogP contribution in [0.15, 0.2) is 24.3 Å². The van der Waals surface area contributed by atoms with E-state index in [2.05, 4.69) is 21.8 Å². The maximum atomic E-state index is 5.92. The fourth-order valence-electron chi connectivity index (χ4n) is 1.61. The fraction of sp³-hybridized carbons (Fsp3) is 0.250. The van der Waals surface area contributed by atoms with Crippen molar-refractivity contribution < 1.29 is 0 Å².